The van der Waals surface area contributed by atoms with Crippen LogP contribution in [0.15, 0.2) is 17.0 Å². The minimum atomic E-state index is -3.81. The number of aryl methyl sites for hydroxylation is 2. The number of sulfonamides is 1. The lowest BCUT2D eigenvalue weighted by atomic mass is 10.1. The minimum absolute atomic E-state index is 0.00523. The Morgan fingerprint density at radius 2 is 1.89 bits per heavy atom. The summed E-state index contributed by atoms with van der Waals surface area (Å²) in [6, 6.07) is 3.13. The maximum atomic E-state index is 12.0. The van der Waals surface area contributed by atoms with Gasteiger partial charge in [0.05, 0.1) is 13.7 Å². The Hall–Kier alpha value is -1.60. The molecule has 0 saturated carbocycles. The first-order valence-electron chi connectivity index (χ1n) is 5.21. The second kappa shape index (κ2) is 5.36. The topological polar surface area (TPSA) is 98.5 Å². The van der Waals surface area contributed by atoms with Crippen LogP contribution in [-0.4, -0.2) is 28.0 Å². The maximum Gasteiger partial charge on any atom is 0.244 e. The molecule has 0 atom stereocenters. The van der Waals surface area contributed by atoms with E-state index in [-0.39, 0.29) is 10.6 Å². The molecule has 0 aliphatic rings. The third kappa shape index (κ3) is 3.21. The molecule has 0 aliphatic heterocycles. The number of rotatable bonds is 5. The lowest BCUT2D eigenvalue weighted by molar-refractivity contribution is -0.116. The summed E-state index contributed by atoms with van der Waals surface area (Å²) in [4.78, 5) is 10.6. The molecule has 0 heterocycles. The SMILES string of the molecule is COc1cc(C)c(C)cc1S(=O)(=O)NCC(N)=O. The van der Waals surface area contributed by atoms with Crippen molar-refractivity contribution in [3.63, 3.8) is 0 Å². The molecular weight excluding hydrogens is 256 g/mol. The molecule has 1 aromatic carbocycles. The van der Waals surface area contributed by atoms with Gasteiger partial charge in [-0.3, -0.25) is 4.79 Å². The summed E-state index contributed by atoms with van der Waals surface area (Å²) >= 11 is 0. The van der Waals surface area contributed by atoms with Gasteiger partial charge in [-0.1, -0.05) is 0 Å². The highest BCUT2D eigenvalue weighted by molar-refractivity contribution is 7.89. The third-order valence-electron chi connectivity index (χ3n) is 2.51. The summed E-state index contributed by atoms with van der Waals surface area (Å²) in [6.07, 6.45) is 0. The van der Waals surface area contributed by atoms with E-state index in [1.165, 1.54) is 13.2 Å². The van der Waals surface area contributed by atoms with E-state index in [0.717, 1.165) is 11.1 Å². The summed E-state index contributed by atoms with van der Waals surface area (Å²) in [5, 5.41) is 0. The van der Waals surface area contributed by atoms with E-state index in [1.54, 1.807) is 13.0 Å². The third-order valence-corrected chi connectivity index (χ3v) is 3.93. The molecule has 0 fully saturated rings. The van der Waals surface area contributed by atoms with E-state index in [4.69, 9.17) is 10.5 Å². The van der Waals surface area contributed by atoms with Crippen LogP contribution in [0.3, 0.4) is 0 Å². The van der Waals surface area contributed by atoms with Crippen molar-refractivity contribution in [3.8, 4) is 5.75 Å². The van der Waals surface area contributed by atoms with E-state index in [2.05, 4.69) is 4.72 Å². The first kappa shape index (κ1) is 14.5. The molecule has 1 aromatic rings. The Balaban J connectivity index is 3.23. The van der Waals surface area contributed by atoms with Gasteiger partial charge in [0.1, 0.15) is 10.6 Å². The first-order chi connectivity index (χ1) is 8.27. The van der Waals surface area contributed by atoms with Gasteiger partial charge in [0, 0.05) is 0 Å². The lowest BCUT2D eigenvalue weighted by Crippen LogP contribution is -2.33. The van der Waals surface area contributed by atoms with Gasteiger partial charge in [0.2, 0.25) is 15.9 Å². The number of hydrogen-bond donors (Lipinski definition) is 2. The van der Waals surface area contributed by atoms with Crippen LogP contribution < -0.4 is 15.2 Å². The number of ether oxygens (including phenoxy) is 1. The van der Waals surface area contributed by atoms with Crippen molar-refractivity contribution in [1.29, 1.82) is 0 Å². The number of hydrogen-bond acceptors (Lipinski definition) is 4. The fourth-order valence-electron chi connectivity index (χ4n) is 1.38. The van der Waals surface area contributed by atoms with Crippen LogP contribution in [0.1, 0.15) is 11.1 Å². The van der Waals surface area contributed by atoms with Gasteiger partial charge >= 0.3 is 0 Å². The van der Waals surface area contributed by atoms with Gasteiger partial charge in [-0.15, -0.1) is 0 Å². The molecule has 100 valence electrons. The van der Waals surface area contributed by atoms with Crippen molar-refractivity contribution >= 4 is 15.9 Å². The highest BCUT2D eigenvalue weighted by atomic mass is 32.2. The van der Waals surface area contributed by atoms with Crippen LogP contribution in [0, 0.1) is 13.8 Å². The number of carbonyl (C=O) groups excluding carboxylic acids is 1. The van der Waals surface area contributed by atoms with Gasteiger partial charge in [-0.2, -0.15) is 0 Å². The number of benzene rings is 1. The van der Waals surface area contributed by atoms with Crippen molar-refractivity contribution in [2.24, 2.45) is 5.73 Å². The van der Waals surface area contributed by atoms with Crippen molar-refractivity contribution in [2.75, 3.05) is 13.7 Å². The zero-order valence-electron chi connectivity index (χ0n) is 10.5. The molecule has 6 nitrogen and oxygen atoms in total. The van der Waals surface area contributed by atoms with Gasteiger partial charge < -0.3 is 10.5 Å². The van der Waals surface area contributed by atoms with Crippen LogP contribution >= 0.6 is 0 Å². The van der Waals surface area contributed by atoms with E-state index in [9.17, 15) is 13.2 Å². The van der Waals surface area contributed by atoms with Gasteiger partial charge in [-0.25, -0.2) is 13.1 Å². The van der Waals surface area contributed by atoms with Crippen molar-refractivity contribution < 1.29 is 17.9 Å². The fraction of sp³-hybridized carbons (Fsp3) is 0.364. The van der Waals surface area contributed by atoms with Crippen LogP contribution in [0.2, 0.25) is 0 Å². The Kier molecular flexibility index (Phi) is 4.31. The summed E-state index contributed by atoms with van der Waals surface area (Å²) in [5.74, 6) is -0.517. The molecule has 0 radical (unpaired) electrons. The number of nitrogens with one attached hydrogen (secondary N) is 1. The maximum absolute atomic E-state index is 12.0. The molecule has 0 spiro atoms. The second-order valence-corrected chi connectivity index (χ2v) is 5.61. The number of methoxy groups -OCH3 is 1. The first-order valence-corrected chi connectivity index (χ1v) is 6.69. The molecule has 1 rings (SSSR count). The van der Waals surface area contributed by atoms with Crippen LogP contribution in [0.5, 0.6) is 5.75 Å². The van der Waals surface area contributed by atoms with E-state index in [0.29, 0.717) is 0 Å². The Labute approximate surface area is 106 Å². The highest BCUT2D eigenvalue weighted by Gasteiger charge is 2.20. The zero-order chi connectivity index (χ0) is 13.9. The van der Waals surface area contributed by atoms with Gasteiger partial charge in [0.15, 0.2) is 0 Å². The standard InChI is InChI=1S/C11H16N2O4S/c1-7-4-9(17-3)10(5-8(7)2)18(15,16)13-6-11(12)14/h4-5,13H,6H2,1-3H3,(H2,12,14). The molecule has 3 N–H and O–H groups in total. The number of nitrogens with two attached hydrogens (primary N) is 1. The predicted molar refractivity (Wildman–Crippen MR) is 66.9 cm³/mol. The summed E-state index contributed by atoms with van der Waals surface area (Å²) in [7, 11) is -2.43. The molecule has 0 aromatic heterocycles. The monoisotopic (exact) mass is 272 g/mol. The largest absolute Gasteiger partial charge is 0.495 e. The molecule has 7 heteroatoms. The smallest absolute Gasteiger partial charge is 0.244 e. The molecule has 0 saturated heterocycles. The van der Waals surface area contributed by atoms with Crippen LogP contribution in [-0.2, 0) is 14.8 Å². The second-order valence-electron chi connectivity index (χ2n) is 3.88. The Morgan fingerprint density at radius 3 is 2.39 bits per heavy atom. The Bertz CT molecular complexity index is 567. The summed E-state index contributed by atoms with van der Waals surface area (Å²) in [6.45, 7) is 3.20. The zero-order valence-corrected chi connectivity index (χ0v) is 11.3. The van der Waals surface area contributed by atoms with Crippen LogP contribution in [0.25, 0.3) is 0 Å². The molecule has 0 unspecified atom stereocenters. The summed E-state index contributed by atoms with van der Waals surface area (Å²) in [5.41, 5.74) is 6.64. The predicted octanol–water partition coefficient (Wildman–Crippen LogP) is 0.0756. The molecule has 0 aliphatic carbocycles. The van der Waals surface area contributed by atoms with Crippen LogP contribution in [0.4, 0.5) is 0 Å². The molecular formula is C11H16N2O4S. The van der Waals surface area contributed by atoms with Gasteiger partial charge in [-0.05, 0) is 37.1 Å². The molecule has 1 amide bonds. The average Bonchev–Trinajstić information content (AvgIpc) is 2.29. The molecule has 18 heavy (non-hydrogen) atoms. The lowest BCUT2D eigenvalue weighted by Gasteiger charge is -2.12. The van der Waals surface area contributed by atoms with Crippen molar-refractivity contribution in [3.05, 3.63) is 23.3 Å². The normalized spacial score (nSPS) is 11.3. The summed E-state index contributed by atoms with van der Waals surface area (Å²) < 4.78 is 31.1. The van der Waals surface area contributed by atoms with Crippen molar-refractivity contribution in [1.82, 2.24) is 4.72 Å². The quantitative estimate of drug-likeness (QED) is 0.792. The van der Waals surface area contributed by atoms with E-state index >= 15 is 0 Å². The van der Waals surface area contributed by atoms with Gasteiger partial charge in [0.25, 0.3) is 0 Å². The molecule has 0 bridgehead atoms. The number of amides is 1. The number of primary amides is 1. The number of carbonyl (C=O) groups is 1. The van der Waals surface area contributed by atoms with E-state index < -0.39 is 22.5 Å². The Morgan fingerprint density at radius 1 is 1.33 bits per heavy atom. The average molecular weight is 272 g/mol. The fourth-order valence-corrected chi connectivity index (χ4v) is 2.60. The minimum Gasteiger partial charge on any atom is -0.495 e. The van der Waals surface area contributed by atoms with Crippen molar-refractivity contribution in [2.45, 2.75) is 18.7 Å². The van der Waals surface area contributed by atoms with E-state index in [1.807, 2.05) is 6.92 Å². The highest BCUT2D eigenvalue weighted by Crippen LogP contribution is 2.26.